The molecule has 2 N–H and O–H groups in total. The largest absolute Gasteiger partial charge is 0.494 e. The zero-order chi connectivity index (χ0) is 14.5. The summed E-state index contributed by atoms with van der Waals surface area (Å²) in [6.45, 7) is 1.37. The summed E-state index contributed by atoms with van der Waals surface area (Å²) < 4.78 is 11.5. The van der Waals surface area contributed by atoms with Gasteiger partial charge in [-0.3, -0.25) is 0 Å². The quantitative estimate of drug-likeness (QED) is 0.701. The van der Waals surface area contributed by atoms with Crippen LogP contribution in [0.4, 0.5) is 0 Å². The van der Waals surface area contributed by atoms with Gasteiger partial charge >= 0.3 is 0 Å². The predicted octanol–water partition coefficient (Wildman–Crippen LogP) is 3.61. The van der Waals surface area contributed by atoms with Crippen LogP contribution in [0, 0.1) is 0 Å². The van der Waals surface area contributed by atoms with E-state index in [2.05, 4.69) is 4.98 Å². The highest BCUT2D eigenvalue weighted by atomic mass is 16.5. The van der Waals surface area contributed by atoms with Crippen molar-refractivity contribution in [2.75, 3.05) is 13.2 Å². The molecule has 4 nitrogen and oxygen atoms in total. The standard InChI is InChI=1S/C17H18N2O2/c18-10-4-5-11-20-14-8-9-16-15(12-14)19-17(21-16)13-6-2-1-3-7-13/h1-3,6-9,12H,4-5,10-11,18H2. The first-order valence-electron chi connectivity index (χ1n) is 7.16. The maximum absolute atomic E-state index is 5.77. The number of unbranched alkanes of at least 4 members (excludes halogenated alkanes) is 1. The second-order valence-electron chi connectivity index (χ2n) is 4.86. The Labute approximate surface area is 123 Å². The summed E-state index contributed by atoms with van der Waals surface area (Å²) in [5.74, 6) is 1.44. The summed E-state index contributed by atoms with van der Waals surface area (Å²) in [5, 5.41) is 0. The molecule has 0 aliphatic heterocycles. The Morgan fingerprint density at radius 3 is 2.71 bits per heavy atom. The van der Waals surface area contributed by atoms with Crippen LogP contribution >= 0.6 is 0 Å². The lowest BCUT2D eigenvalue weighted by Crippen LogP contribution is -2.03. The van der Waals surface area contributed by atoms with Crippen molar-refractivity contribution in [3.05, 3.63) is 48.5 Å². The molecule has 0 fully saturated rings. The predicted molar refractivity (Wildman–Crippen MR) is 83.2 cm³/mol. The maximum atomic E-state index is 5.77. The van der Waals surface area contributed by atoms with E-state index in [4.69, 9.17) is 14.9 Å². The number of benzene rings is 2. The molecule has 0 unspecified atom stereocenters. The molecule has 21 heavy (non-hydrogen) atoms. The number of nitrogens with two attached hydrogens (primary N) is 1. The minimum atomic E-state index is 0.630. The Morgan fingerprint density at radius 1 is 1.05 bits per heavy atom. The second kappa shape index (κ2) is 6.41. The molecule has 0 aliphatic carbocycles. The molecule has 2 aromatic carbocycles. The van der Waals surface area contributed by atoms with Crippen molar-refractivity contribution in [2.45, 2.75) is 12.8 Å². The lowest BCUT2D eigenvalue weighted by atomic mass is 10.2. The van der Waals surface area contributed by atoms with Crippen LogP contribution in [0.15, 0.2) is 52.9 Å². The summed E-state index contributed by atoms with van der Waals surface area (Å²) in [5.41, 5.74) is 8.01. The topological polar surface area (TPSA) is 61.3 Å². The van der Waals surface area contributed by atoms with Gasteiger partial charge < -0.3 is 14.9 Å². The van der Waals surface area contributed by atoms with Crippen molar-refractivity contribution in [3.8, 4) is 17.2 Å². The second-order valence-corrected chi connectivity index (χ2v) is 4.86. The minimum absolute atomic E-state index is 0.630. The van der Waals surface area contributed by atoms with Crippen LogP contribution in [0.25, 0.3) is 22.6 Å². The van der Waals surface area contributed by atoms with Crippen LogP contribution in [0.2, 0.25) is 0 Å². The van der Waals surface area contributed by atoms with E-state index < -0.39 is 0 Å². The monoisotopic (exact) mass is 282 g/mol. The Kier molecular flexibility index (Phi) is 4.17. The summed E-state index contributed by atoms with van der Waals surface area (Å²) in [6, 6.07) is 15.6. The third-order valence-electron chi connectivity index (χ3n) is 3.25. The highest BCUT2D eigenvalue weighted by Crippen LogP contribution is 2.26. The van der Waals surface area contributed by atoms with Crippen molar-refractivity contribution in [3.63, 3.8) is 0 Å². The summed E-state index contributed by atoms with van der Waals surface area (Å²) in [7, 11) is 0. The third kappa shape index (κ3) is 3.23. The first kappa shape index (κ1) is 13.6. The number of hydrogen-bond donors (Lipinski definition) is 1. The van der Waals surface area contributed by atoms with Crippen LogP contribution in [0.1, 0.15) is 12.8 Å². The van der Waals surface area contributed by atoms with Crippen LogP contribution in [-0.2, 0) is 0 Å². The zero-order valence-corrected chi connectivity index (χ0v) is 11.8. The number of aromatic nitrogens is 1. The van der Waals surface area contributed by atoms with E-state index in [9.17, 15) is 0 Å². The van der Waals surface area contributed by atoms with Gasteiger partial charge in [-0.05, 0) is 43.7 Å². The average Bonchev–Trinajstić information content (AvgIpc) is 2.96. The molecule has 0 radical (unpaired) electrons. The molecular weight excluding hydrogens is 264 g/mol. The number of ether oxygens (including phenoxy) is 1. The molecule has 108 valence electrons. The van der Waals surface area contributed by atoms with Gasteiger partial charge in [0.1, 0.15) is 11.3 Å². The van der Waals surface area contributed by atoms with E-state index in [0.29, 0.717) is 19.0 Å². The molecule has 0 saturated heterocycles. The Bertz CT molecular complexity index is 707. The van der Waals surface area contributed by atoms with Gasteiger partial charge in [-0.15, -0.1) is 0 Å². The van der Waals surface area contributed by atoms with Gasteiger partial charge in [0.25, 0.3) is 0 Å². The van der Waals surface area contributed by atoms with E-state index in [1.54, 1.807) is 0 Å². The van der Waals surface area contributed by atoms with Crippen molar-refractivity contribution >= 4 is 11.1 Å². The van der Waals surface area contributed by atoms with Crippen LogP contribution in [0.5, 0.6) is 5.75 Å². The summed E-state index contributed by atoms with van der Waals surface area (Å²) in [4.78, 5) is 4.52. The van der Waals surface area contributed by atoms with E-state index >= 15 is 0 Å². The first-order valence-corrected chi connectivity index (χ1v) is 7.16. The molecule has 1 aromatic heterocycles. The first-order chi connectivity index (χ1) is 10.4. The molecule has 0 saturated carbocycles. The van der Waals surface area contributed by atoms with Gasteiger partial charge in [-0.25, -0.2) is 4.98 Å². The van der Waals surface area contributed by atoms with Gasteiger partial charge in [0.2, 0.25) is 5.89 Å². The number of rotatable bonds is 6. The molecule has 3 rings (SSSR count). The van der Waals surface area contributed by atoms with Gasteiger partial charge in [-0.2, -0.15) is 0 Å². The van der Waals surface area contributed by atoms with E-state index in [1.807, 2.05) is 48.5 Å². The fraction of sp³-hybridized carbons (Fsp3) is 0.235. The highest BCUT2D eigenvalue weighted by Gasteiger charge is 2.08. The number of oxazole rings is 1. The third-order valence-corrected chi connectivity index (χ3v) is 3.25. The van der Waals surface area contributed by atoms with Crippen molar-refractivity contribution in [1.29, 1.82) is 0 Å². The molecule has 0 aliphatic rings. The maximum Gasteiger partial charge on any atom is 0.227 e. The number of fused-ring (bicyclic) bond motifs is 1. The molecule has 0 bridgehead atoms. The molecule has 3 aromatic rings. The molecule has 0 atom stereocenters. The van der Waals surface area contributed by atoms with Crippen LogP contribution in [0.3, 0.4) is 0 Å². The van der Waals surface area contributed by atoms with E-state index in [1.165, 1.54) is 0 Å². The smallest absolute Gasteiger partial charge is 0.227 e. The summed E-state index contributed by atoms with van der Waals surface area (Å²) >= 11 is 0. The molecular formula is C17H18N2O2. The highest BCUT2D eigenvalue weighted by molar-refractivity contribution is 5.77. The Morgan fingerprint density at radius 2 is 1.90 bits per heavy atom. The Balaban J connectivity index is 1.79. The van der Waals surface area contributed by atoms with E-state index in [-0.39, 0.29) is 0 Å². The van der Waals surface area contributed by atoms with E-state index in [0.717, 1.165) is 35.3 Å². The number of hydrogen-bond acceptors (Lipinski definition) is 4. The van der Waals surface area contributed by atoms with Crippen molar-refractivity contribution < 1.29 is 9.15 Å². The fourth-order valence-electron chi connectivity index (χ4n) is 2.14. The van der Waals surface area contributed by atoms with Crippen LogP contribution in [-0.4, -0.2) is 18.1 Å². The molecule has 1 heterocycles. The minimum Gasteiger partial charge on any atom is -0.494 e. The lowest BCUT2D eigenvalue weighted by molar-refractivity contribution is 0.308. The number of nitrogens with zero attached hydrogens (tertiary/aromatic N) is 1. The molecule has 0 spiro atoms. The van der Waals surface area contributed by atoms with Crippen LogP contribution < -0.4 is 10.5 Å². The van der Waals surface area contributed by atoms with Gasteiger partial charge in [0.15, 0.2) is 5.58 Å². The zero-order valence-electron chi connectivity index (χ0n) is 11.8. The van der Waals surface area contributed by atoms with Gasteiger partial charge in [0, 0.05) is 11.6 Å². The van der Waals surface area contributed by atoms with Crippen molar-refractivity contribution in [1.82, 2.24) is 4.98 Å². The van der Waals surface area contributed by atoms with Crippen molar-refractivity contribution in [2.24, 2.45) is 5.73 Å². The molecule has 4 heteroatoms. The van der Waals surface area contributed by atoms with Gasteiger partial charge in [-0.1, -0.05) is 18.2 Å². The summed E-state index contributed by atoms with van der Waals surface area (Å²) in [6.07, 6.45) is 1.94. The Hall–Kier alpha value is -2.33. The average molecular weight is 282 g/mol. The normalized spacial score (nSPS) is 10.9. The van der Waals surface area contributed by atoms with Gasteiger partial charge in [0.05, 0.1) is 6.61 Å². The fourth-order valence-corrected chi connectivity index (χ4v) is 2.14. The lowest BCUT2D eigenvalue weighted by Gasteiger charge is -2.04. The SMILES string of the molecule is NCCCCOc1ccc2oc(-c3ccccc3)nc2c1. The molecule has 0 amide bonds.